The number of hydrogen-bond donors (Lipinski definition) is 0. The van der Waals surface area contributed by atoms with Gasteiger partial charge in [-0.15, -0.1) is 0 Å². The van der Waals surface area contributed by atoms with Gasteiger partial charge in [-0.2, -0.15) is 83.0 Å². The van der Waals surface area contributed by atoms with Crippen LogP contribution >= 0.6 is 0 Å². The van der Waals surface area contributed by atoms with E-state index in [9.17, 15) is 52.7 Å². The van der Waals surface area contributed by atoms with Crippen molar-refractivity contribution in [3.63, 3.8) is 0 Å². The summed E-state index contributed by atoms with van der Waals surface area (Å²) >= 11 is 0. The molecule has 4 aromatic rings. The van der Waals surface area contributed by atoms with Crippen LogP contribution in [0.1, 0.15) is 43.0 Å². The zero-order valence-corrected chi connectivity index (χ0v) is 27.1. The van der Waals surface area contributed by atoms with Crippen molar-refractivity contribution in [3.8, 4) is 17.2 Å². The van der Waals surface area contributed by atoms with Crippen molar-refractivity contribution >= 4 is 13.0 Å². The van der Waals surface area contributed by atoms with E-state index < -0.39 is 65.8 Å². The van der Waals surface area contributed by atoms with Gasteiger partial charge in [0.1, 0.15) is 17.1 Å². The molecule has 276 valence electrons. The van der Waals surface area contributed by atoms with E-state index in [1.807, 2.05) is 0 Å². The fourth-order valence-electron chi connectivity index (χ4n) is 4.94. The monoisotopic (exact) mass is 739 g/mol. The lowest BCUT2D eigenvalue weighted by atomic mass is 10.1. The molecule has 0 aromatic heterocycles. The van der Waals surface area contributed by atoms with Crippen molar-refractivity contribution in [3.05, 3.63) is 119 Å². The summed E-state index contributed by atoms with van der Waals surface area (Å²) in [5.74, 6) is -1.27. The van der Waals surface area contributed by atoms with E-state index in [2.05, 4.69) is 6.07 Å². The molecule has 0 aliphatic carbocycles. The standard InChI is InChI=1S/C27H26BF9NO3.C7H4F3/c1-4-38(5-2,6-3)24-22(27(35,36)37)14-9-15-23(24)41-28(39-20-12-7-10-18(16-20)25(29,30)31)40-21-13-8-11-19(17-21)26(32,33)34;8-7(9,10)6-4-2-1-3-5-6/h7-17H,4-6H2,1-3H3;1-2,4-5H/q+1;-1. The highest BCUT2D eigenvalue weighted by molar-refractivity contribution is 6.39. The molecular formula is C34H30BF12NO3. The van der Waals surface area contributed by atoms with Gasteiger partial charge in [0, 0.05) is 0 Å². The van der Waals surface area contributed by atoms with Gasteiger partial charge in [-0.05, 0) is 69.3 Å². The second-order valence-corrected chi connectivity index (χ2v) is 10.7. The molecule has 0 radical (unpaired) electrons. The van der Waals surface area contributed by atoms with Gasteiger partial charge in [-0.3, -0.25) is 4.48 Å². The number of benzene rings is 4. The molecule has 4 rings (SSSR count). The Morgan fingerprint density at radius 3 is 1.37 bits per heavy atom. The zero-order valence-electron chi connectivity index (χ0n) is 27.1. The third-order valence-electron chi connectivity index (χ3n) is 7.64. The van der Waals surface area contributed by atoms with Crippen molar-refractivity contribution in [2.75, 3.05) is 19.6 Å². The minimum Gasteiger partial charge on any atom is -0.490 e. The van der Waals surface area contributed by atoms with Gasteiger partial charge in [0.2, 0.25) is 0 Å². The highest BCUT2D eigenvalue weighted by atomic mass is 19.4. The maximum Gasteiger partial charge on any atom is 0.864 e. The molecular weight excluding hydrogens is 709 g/mol. The van der Waals surface area contributed by atoms with Crippen LogP contribution in [0.25, 0.3) is 0 Å². The maximum atomic E-state index is 14.2. The lowest BCUT2D eigenvalue weighted by molar-refractivity contribution is -0.138. The van der Waals surface area contributed by atoms with Crippen LogP contribution in [0.4, 0.5) is 58.4 Å². The summed E-state index contributed by atoms with van der Waals surface area (Å²) < 4.78 is 174. The molecule has 4 aromatic carbocycles. The summed E-state index contributed by atoms with van der Waals surface area (Å²) in [5, 5.41) is 0. The van der Waals surface area contributed by atoms with Crippen LogP contribution in [0.15, 0.2) is 91.0 Å². The number of halogens is 12. The van der Waals surface area contributed by atoms with Crippen LogP contribution in [0.3, 0.4) is 0 Å². The Bertz CT molecular complexity index is 1640. The molecule has 0 fully saturated rings. The predicted molar refractivity (Wildman–Crippen MR) is 166 cm³/mol. The first-order chi connectivity index (χ1) is 23.6. The Balaban J connectivity index is 0.000000602. The van der Waals surface area contributed by atoms with Crippen LogP contribution in [0.2, 0.25) is 0 Å². The average molecular weight is 739 g/mol. The number of hydrogen-bond acceptors (Lipinski definition) is 3. The predicted octanol–water partition coefficient (Wildman–Crippen LogP) is 11.1. The molecule has 0 saturated heterocycles. The molecule has 0 bridgehead atoms. The number of quaternary nitrogens is 1. The highest BCUT2D eigenvalue weighted by Crippen LogP contribution is 2.45. The Morgan fingerprint density at radius 1 is 0.549 bits per heavy atom. The van der Waals surface area contributed by atoms with E-state index in [0.29, 0.717) is 12.1 Å². The van der Waals surface area contributed by atoms with E-state index in [0.717, 1.165) is 60.7 Å². The molecule has 0 amide bonds. The maximum absolute atomic E-state index is 14.2. The molecule has 0 N–H and O–H groups in total. The summed E-state index contributed by atoms with van der Waals surface area (Å²) in [5.41, 5.74) is -4.16. The van der Waals surface area contributed by atoms with Gasteiger partial charge >= 0.3 is 32.0 Å². The highest BCUT2D eigenvalue weighted by Gasteiger charge is 2.45. The molecule has 0 heterocycles. The van der Waals surface area contributed by atoms with Crippen LogP contribution in [0.5, 0.6) is 17.2 Å². The number of nitrogens with zero attached hydrogens (tertiary/aromatic N) is 1. The molecule has 0 spiro atoms. The normalized spacial score (nSPS) is 12.5. The second-order valence-electron chi connectivity index (χ2n) is 10.7. The van der Waals surface area contributed by atoms with Crippen molar-refractivity contribution < 1.29 is 66.6 Å². The summed E-state index contributed by atoms with van der Waals surface area (Å²) in [6.07, 6.45) is -18.6. The number of para-hydroxylation sites is 1. The third-order valence-corrected chi connectivity index (χ3v) is 7.64. The largest absolute Gasteiger partial charge is 0.864 e. The van der Waals surface area contributed by atoms with Crippen LogP contribution < -0.4 is 18.4 Å². The second kappa shape index (κ2) is 16.2. The van der Waals surface area contributed by atoms with Crippen LogP contribution in [-0.4, -0.2) is 27.0 Å². The molecule has 51 heavy (non-hydrogen) atoms. The molecule has 17 heteroatoms. The smallest absolute Gasteiger partial charge is 0.490 e. The molecule has 4 nitrogen and oxygen atoms in total. The van der Waals surface area contributed by atoms with E-state index >= 15 is 0 Å². The Kier molecular flexibility index (Phi) is 13.0. The van der Waals surface area contributed by atoms with Crippen LogP contribution in [0, 0.1) is 6.07 Å². The van der Waals surface area contributed by atoms with Gasteiger partial charge in [-0.25, -0.2) is 0 Å². The fourth-order valence-corrected chi connectivity index (χ4v) is 4.94. The van der Waals surface area contributed by atoms with Crippen LogP contribution in [-0.2, 0) is 24.7 Å². The van der Waals surface area contributed by atoms with Gasteiger partial charge in [-0.1, -0.05) is 23.8 Å². The lowest BCUT2D eigenvalue weighted by Gasteiger charge is -2.38. The van der Waals surface area contributed by atoms with Gasteiger partial charge in [0.25, 0.3) is 0 Å². The first-order valence-corrected chi connectivity index (χ1v) is 15.1. The summed E-state index contributed by atoms with van der Waals surface area (Å²) in [4.78, 5) is 0. The third kappa shape index (κ3) is 11.0. The average Bonchev–Trinajstić information content (AvgIpc) is 3.05. The van der Waals surface area contributed by atoms with Gasteiger partial charge < -0.3 is 14.0 Å². The first-order valence-electron chi connectivity index (χ1n) is 15.1. The topological polar surface area (TPSA) is 27.7 Å². The molecule has 0 saturated carbocycles. The molecule has 0 aliphatic rings. The Hall–Kier alpha value is -4.54. The molecule has 0 aliphatic heterocycles. The van der Waals surface area contributed by atoms with E-state index in [1.165, 1.54) is 18.2 Å². The fraction of sp³-hybridized carbons (Fsp3) is 0.294. The van der Waals surface area contributed by atoms with Crippen molar-refractivity contribution in [2.45, 2.75) is 45.5 Å². The summed E-state index contributed by atoms with van der Waals surface area (Å²) in [6.45, 7) is 5.68. The number of rotatable bonds is 10. The van der Waals surface area contributed by atoms with E-state index in [1.54, 1.807) is 20.8 Å². The minimum absolute atomic E-state index is 0.204. The van der Waals surface area contributed by atoms with E-state index in [4.69, 9.17) is 14.0 Å². The summed E-state index contributed by atoms with van der Waals surface area (Å²) in [6, 6.07) is 17.1. The quantitative estimate of drug-likeness (QED) is 0.0702. The van der Waals surface area contributed by atoms with Gasteiger partial charge in [0.05, 0.1) is 30.8 Å². The molecule has 0 unspecified atom stereocenters. The summed E-state index contributed by atoms with van der Waals surface area (Å²) in [7, 11) is -2.09. The SMILES string of the molecule is CC[N+](CC)(CC)c1c(OB(Oc2cccc(C(F)(F)F)c2)Oc2cccc(C(F)(F)F)c2)cccc1C(F)(F)F.FC(F)(F)c1c[c-]ccc1. The lowest BCUT2D eigenvalue weighted by Crippen LogP contribution is -2.50. The Morgan fingerprint density at radius 2 is 1.00 bits per heavy atom. The minimum atomic E-state index is -4.81. The Labute approximate surface area is 285 Å². The first kappa shape index (κ1) is 40.9. The van der Waals surface area contributed by atoms with Gasteiger partial charge in [0.15, 0.2) is 11.4 Å². The van der Waals surface area contributed by atoms with Crippen molar-refractivity contribution in [1.29, 1.82) is 0 Å². The molecule has 0 atom stereocenters. The van der Waals surface area contributed by atoms with E-state index in [-0.39, 0.29) is 35.6 Å². The number of alkyl halides is 12. The van der Waals surface area contributed by atoms with Crippen molar-refractivity contribution in [1.82, 2.24) is 4.48 Å². The zero-order chi connectivity index (χ0) is 38.3. The van der Waals surface area contributed by atoms with Crippen molar-refractivity contribution in [2.24, 2.45) is 0 Å².